The van der Waals surface area contributed by atoms with Gasteiger partial charge in [0.2, 0.25) is 0 Å². The van der Waals surface area contributed by atoms with Crippen molar-refractivity contribution in [1.82, 2.24) is 10.6 Å². The topological polar surface area (TPSA) is 61.4 Å². The van der Waals surface area contributed by atoms with Crippen LogP contribution in [0.1, 0.15) is 43.9 Å². The van der Waals surface area contributed by atoms with Crippen molar-refractivity contribution in [2.75, 3.05) is 6.61 Å². The Hall–Kier alpha value is -1.55. The lowest BCUT2D eigenvalue weighted by Gasteiger charge is -2.19. The first kappa shape index (κ1) is 15.5. The summed E-state index contributed by atoms with van der Waals surface area (Å²) >= 11 is 0. The van der Waals surface area contributed by atoms with E-state index >= 15 is 0 Å². The largest absolute Gasteiger partial charge is 0.396 e. The van der Waals surface area contributed by atoms with Gasteiger partial charge in [-0.2, -0.15) is 0 Å². The van der Waals surface area contributed by atoms with Crippen molar-refractivity contribution in [2.24, 2.45) is 0 Å². The fourth-order valence-corrected chi connectivity index (χ4v) is 1.90. The van der Waals surface area contributed by atoms with Crippen LogP contribution in [0, 0.1) is 6.92 Å². The summed E-state index contributed by atoms with van der Waals surface area (Å²) in [6.07, 6.45) is 1.40. The van der Waals surface area contributed by atoms with E-state index in [0.717, 1.165) is 12.0 Å². The Bertz CT molecular complexity index is 390. The minimum absolute atomic E-state index is 0.0233. The zero-order valence-corrected chi connectivity index (χ0v) is 11.9. The highest BCUT2D eigenvalue weighted by Gasteiger charge is 2.12. The van der Waals surface area contributed by atoms with Gasteiger partial charge in [-0.1, -0.05) is 36.8 Å². The number of hydrogen-bond acceptors (Lipinski definition) is 2. The quantitative estimate of drug-likeness (QED) is 0.739. The fraction of sp³-hybridized carbons (Fsp3) is 0.533. The number of urea groups is 1. The third-order valence-corrected chi connectivity index (χ3v) is 3.23. The molecular weight excluding hydrogens is 240 g/mol. The average Bonchev–Trinajstić information content (AvgIpc) is 2.38. The van der Waals surface area contributed by atoms with E-state index in [1.165, 1.54) is 5.56 Å². The lowest BCUT2D eigenvalue weighted by Crippen LogP contribution is -2.43. The van der Waals surface area contributed by atoms with Crippen molar-refractivity contribution in [3.8, 4) is 0 Å². The number of benzene rings is 1. The van der Waals surface area contributed by atoms with Gasteiger partial charge in [0, 0.05) is 12.6 Å². The normalized spacial score (nSPS) is 13.7. The van der Waals surface area contributed by atoms with E-state index in [9.17, 15) is 4.79 Å². The molecule has 0 saturated carbocycles. The first-order valence-corrected chi connectivity index (χ1v) is 6.81. The molecule has 2 amide bonds. The predicted octanol–water partition coefficient (Wildman–Crippen LogP) is 2.52. The van der Waals surface area contributed by atoms with Crippen LogP contribution in [-0.4, -0.2) is 23.8 Å². The maximum atomic E-state index is 11.8. The standard InChI is InChI=1S/C15H24N2O2/c1-4-14(9-10-18)17-15(19)16-12(3)13-7-5-11(2)6-8-13/h5-8,12,14,18H,4,9-10H2,1-3H3,(H2,16,17,19). The van der Waals surface area contributed by atoms with E-state index in [1.54, 1.807) is 0 Å². The van der Waals surface area contributed by atoms with Gasteiger partial charge in [0.1, 0.15) is 0 Å². The number of aryl methyl sites for hydroxylation is 1. The lowest BCUT2D eigenvalue weighted by atomic mass is 10.1. The van der Waals surface area contributed by atoms with E-state index in [0.29, 0.717) is 6.42 Å². The molecule has 0 saturated heterocycles. The van der Waals surface area contributed by atoms with Gasteiger partial charge < -0.3 is 15.7 Å². The Balaban J connectivity index is 2.49. The molecule has 0 aliphatic heterocycles. The van der Waals surface area contributed by atoms with Crippen molar-refractivity contribution >= 4 is 6.03 Å². The molecule has 0 bridgehead atoms. The Morgan fingerprint density at radius 1 is 1.26 bits per heavy atom. The van der Waals surface area contributed by atoms with E-state index in [4.69, 9.17) is 5.11 Å². The second-order valence-corrected chi connectivity index (χ2v) is 4.87. The Labute approximate surface area is 115 Å². The number of carbonyl (C=O) groups excluding carboxylic acids is 1. The first-order chi connectivity index (χ1) is 9.06. The summed E-state index contributed by atoms with van der Waals surface area (Å²) in [5, 5.41) is 14.7. The van der Waals surface area contributed by atoms with Crippen LogP contribution in [0.3, 0.4) is 0 Å². The maximum absolute atomic E-state index is 11.8. The van der Waals surface area contributed by atoms with E-state index in [2.05, 4.69) is 10.6 Å². The molecule has 2 unspecified atom stereocenters. The van der Waals surface area contributed by atoms with Gasteiger partial charge in [0.15, 0.2) is 0 Å². The zero-order chi connectivity index (χ0) is 14.3. The summed E-state index contributed by atoms with van der Waals surface area (Å²) in [5.74, 6) is 0. The highest BCUT2D eigenvalue weighted by atomic mass is 16.3. The molecule has 19 heavy (non-hydrogen) atoms. The van der Waals surface area contributed by atoms with Gasteiger partial charge in [-0.15, -0.1) is 0 Å². The average molecular weight is 264 g/mol. The summed E-state index contributed by atoms with van der Waals surface area (Å²) in [5.41, 5.74) is 2.28. The first-order valence-electron chi connectivity index (χ1n) is 6.81. The van der Waals surface area contributed by atoms with Crippen molar-refractivity contribution in [3.05, 3.63) is 35.4 Å². The van der Waals surface area contributed by atoms with Crippen molar-refractivity contribution in [3.63, 3.8) is 0 Å². The van der Waals surface area contributed by atoms with Crippen LogP contribution in [0.15, 0.2) is 24.3 Å². The molecule has 0 aliphatic carbocycles. The van der Waals surface area contributed by atoms with Gasteiger partial charge in [0.25, 0.3) is 0 Å². The number of aliphatic hydroxyl groups is 1. The van der Waals surface area contributed by atoms with Gasteiger partial charge in [0.05, 0.1) is 6.04 Å². The Morgan fingerprint density at radius 3 is 2.42 bits per heavy atom. The van der Waals surface area contributed by atoms with E-state index < -0.39 is 0 Å². The molecule has 1 aromatic rings. The Morgan fingerprint density at radius 2 is 1.89 bits per heavy atom. The molecule has 1 aromatic carbocycles. The van der Waals surface area contributed by atoms with Crippen LogP contribution < -0.4 is 10.6 Å². The third kappa shape index (κ3) is 5.30. The van der Waals surface area contributed by atoms with Crippen molar-refractivity contribution in [2.45, 2.75) is 45.7 Å². The number of amides is 2. The fourth-order valence-electron chi connectivity index (χ4n) is 1.90. The molecule has 2 atom stereocenters. The highest BCUT2D eigenvalue weighted by molar-refractivity contribution is 5.74. The van der Waals surface area contributed by atoms with Crippen LogP contribution in [0.4, 0.5) is 4.79 Å². The highest BCUT2D eigenvalue weighted by Crippen LogP contribution is 2.12. The molecule has 0 fully saturated rings. The summed E-state index contributed by atoms with van der Waals surface area (Å²) in [7, 11) is 0. The third-order valence-electron chi connectivity index (χ3n) is 3.23. The van der Waals surface area contributed by atoms with E-state index in [-0.39, 0.29) is 24.7 Å². The molecule has 0 spiro atoms. The van der Waals surface area contributed by atoms with Gasteiger partial charge in [-0.05, 0) is 32.3 Å². The van der Waals surface area contributed by atoms with Crippen LogP contribution >= 0.6 is 0 Å². The number of hydrogen-bond donors (Lipinski definition) is 3. The maximum Gasteiger partial charge on any atom is 0.315 e. The monoisotopic (exact) mass is 264 g/mol. The molecule has 4 heteroatoms. The van der Waals surface area contributed by atoms with Crippen LogP contribution in [0.2, 0.25) is 0 Å². The number of nitrogens with one attached hydrogen (secondary N) is 2. The van der Waals surface area contributed by atoms with Gasteiger partial charge >= 0.3 is 6.03 Å². The van der Waals surface area contributed by atoms with Crippen molar-refractivity contribution in [1.29, 1.82) is 0 Å². The molecule has 106 valence electrons. The van der Waals surface area contributed by atoms with Crippen LogP contribution in [-0.2, 0) is 0 Å². The minimum Gasteiger partial charge on any atom is -0.396 e. The SMILES string of the molecule is CCC(CCO)NC(=O)NC(C)c1ccc(C)cc1. The summed E-state index contributed by atoms with van der Waals surface area (Å²) in [6, 6.07) is 7.91. The number of carbonyl (C=O) groups is 1. The second-order valence-electron chi connectivity index (χ2n) is 4.87. The molecule has 0 aliphatic rings. The van der Waals surface area contributed by atoms with E-state index in [1.807, 2.05) is 45.0 Å². The summed E-state index contributed by atoms with van der Waals surface area (Å²) < 4.78 is 0. The number of rotatable bonds is 6. The minimum atomic E-state index is -0.187. The molecule has 0 radical (unpaired) electrons. The molecule has 1 rings (SSSR count). The summed E-state index contributed by atoms with van der Waals surface area (Å²) in [4.78, 5) is 11.8. The molecule has 0 aromatic heterocycles. The van der Waals surface area contributed by atoms with Crippen molar-refractivity contribution < 1.29 is 9.90 Å². The zero-order valence-electron chi connectivity index (χ0n) is 11.9. The number of aliphatic hydroxyl groups excluding tert-OH is 1. The van der Waals surface area contributed by atoms with Crippen LogP contribution in [0.25, 0.3) is 0 Å². The Kier molecular flexibility index (Phi) is 6.36. The molecule has 4 nitrogen and oxygen atoms in total. The molecule has 0 heterocycles. The van der Waals surface area contributed by atoms with Gasteiger partial charge in [-0.25, -0.2) is 4.79 Å². The van der Waals surface area contributed by atoms with Gasteiger partial charge in [-0.3, -0.25) is 0 Å². The molecule has 3 N–H and O–H groups in total. The predicted molar refractivity (Wildman–Crippen MR) is 77.0 cm³/mol. The smallest absolute Gasteiger partial charge is 0.315 e. The second kappa shape index (κ2) is 7.79. The van der Waals surface area contributed by atoms with Crippen LogP contribution in [0.5, 0.6) is 0 Å². The molecular formula is C15H24N2O2. The summed E-state index contributed by atoms with van der Waals surface area (Å²) in [6.45, 7) is 6.07. The lowest BCUT2D eigenvalue weighted by molar-refractivity contribution is 0.225.